The van der Waals surface area contributed by atoms with Gasteiger partial charge in [-0.3, -0.25) is 4.79 Å². The van der Waals surface area contributed by atoms with Gasteiger partial charge in [0, 0.05) is 40.4 Å². The Balaban J connectivity index is 1.47. The summed E-state index contributed by atoms with van der Waals surface area (Å²) in [4.78, 5) is 15.8. The molecule has 6 rings (SSSR count). The first-order chi connectivity index (χ1) is 16.8. The zero-order valence-electron chi connectivity index (χ0n) is 21.7. The van der Waals surface area contributed by atoms with E-state index in [1.807, 2.05) is 0 Å². The fourth-order valence-electron chi connectivity index (χ4n) is 6.92. The summed E-state index contributed by atoms with van der Waals surface area (Å²) < 4.78 is 0. The van der Waals surface area contributed by atoms with Crippen LogP contribution in [0.5, 0.6) is 0 Å². The summed E-state index contributed by atoms with van der Waals surface area (Å²) in [6, 6.07) is 15.5. The van der Waals surface area contributed by atoms with Crippen LogP contribution in [0.2, 0.25) is 0 Å². The van der Waals surface area contributed by atoms with Gasteiger partial charge in [0.15, 0.2) is 5.78 Å². The van der Waals surface area contributed by atoms with Crippen molar-refractivity contribution >= 4 is 17.0 Å². The number of rotatable bonds is 2. The number of ketones is 1. The molecule has 0 saturated carbocycles. The molecule has 0 bridgehead atoms. The maximum absolute atomic E-state index is 13.4. The van der Waals surface area contributed by atoms with Crippen molar-refractivity contribution in [2.45, 2.75) is 70.6 Å². The standard InChI is InChI=1S/C33H35NO/c1-6-33(4)25-12-8-7-11-23(25)31(35)24-17-15-21(19-27(24)33)22-16-18-30-28(20-22)32(2,3)26-13-9-10-14-29(26)34(30)5/h8-10,12-15,17,19-20H,6-7,11,16,18H2,1-5H3/t33-/m0/s1. The van der Waals surface area contributed by atoms with Gasteiger partial charge < -0.3 is 4.90 Å². The molecule has 0 saturated heterocycles. The molecule has 0 unspecified atom stereocenters. The second-order valence-corrected chi connectivity index (χ2v) is 11.3. The van der Waals surface area contributed by atoms with Crippen molar-refractivity contribution in [3.63, 3.8) is 0 Å². The van der Waals surface area contributed by atoms with Crippen LogP contribution in [-0.2, 0) is 10.8 Å². The zero-order chi connectivity index (χ0) is 24.5. The Labute approximate surface area is 209 Å². The lowest BCUT2D eigenvalue weighted by Gasteiger charge is -2.43. The number of anilines is 1. The van der Waals surface area contributed by atoms with Crippen LogP contribution in [0.3, 0.4) is 0 Å². The fraction of sp³-hybridized carbons (Fsp3) is 0.364. The smallest absolute Gasteiger partial charge is 0.189 e. The van der Waals surface area contributed by atoms with Crippen molar-refractivity contribution in [1.82, 2.24) is 0 Å². The van der Waals surface area contributed by atoms with E-state index in [0.717, 1.165) is 43.2 Å². The summed E-state index contributed by atoms with van der Waals surface area (Å²) in [6.45, 7) is 9.31. The van der Waals surface area contributed by atoms with Gasteiger partial charge in [0.05, 0.1) is 0 Å². The first kappa shape index (κ1) is 22.3. The van der Waals surface area contributed by atoms with Crippen LogP contribution in [0.15, 0.2) is 83.1 Å². The molecular formula is C33H35NO. The average Bonchev–Trinajstić information content (AvgIpc) is 2.90. The van der Waals surface area contributed by atoms with Crippen molar-refractivity contribution < 1.29 is 4.79 Å². The SMILES string of the molecule is CC[C@@]1(C)C2=C(CCC=C2)C(=O)c2ccc(C3=CC4=C(CC3)N(C)c3ccccc3C4(C)C)cc21. The third-order valence-electron chi connectivity index (χ3n) is 9.25. The highest BCUT2D eigenvalue weighted by Crippen LogP contribution is 2.51. The van der Waals surface area contributed by atoms with Crippen LogP contribution < -0.4 is 4.90 Å². The van der Waals surface area contributed by atoms with Crippen molar-refractivity contribution in [3.8, 4) is 0 Å². The molecular weight excluding hydrogens is 426 g/mol. The highest BCUT2D eigenvalue weighted by molar-refractivity contribution is 6.13. The maximum atomic E-state index is 13.4. The van der Waals surface area contributed by atoms with E-state index in [1.165, 1.54) is 44.8 Å². The normalized spacial score (nSPS) is 24.5. The van der Waals surface area contributed by atoms with Crippen LogP contribution in [0, 0.1) is 0 Å². The minimum absolute atomic E-state index is 0.0428. The van der Waals surface area contributed by atoms with Crippen molar-refractivity contribution in [1.29, 1.82) is 0 Å². The van der Waals surface area contributed by atoms with Gasteiger partial charge in [-0.05, 0) is 77.6 Å². The highest BCUT2D eigenvalue weighted by atomic mass is 16.1. The summed E-state index contributed by atoms with van der Waals surface area (Å²) in [5.74, 6) is 0.242. The molecule has 0 aromatic heterocycles. The topological polar surface area (TPSA) is 20.3 Å². The van der Waals surface area contributed by atoms with Crippen molar-refractivity contribution in [2.24, 2.45) is 0 Å². The number of fused-ring (bicyclic) bond motifs is 2. The number of allylic oxidation sites excluding steroid dienone is 8. The molecule has 178 valence electrons. The Morgan fingerprint density at radius 3 is 2.54 bits per heavy atom. The fourth-order valence-corrected chi connectivity index (χ4v) is 6.92. The second-order valence-electron chi connectivity index (χ2n) is 11.3. The van der Waals surface area contributed by atoms with Crippen LogP contribution in [0.4, 0.5) is 5.69 Å². The summed E-state index contributed by atoms with van der Waals surface area (Å²) >= 11 is 0. The van der Waals surface area contributed by atoms with E-state index in [2.05, 4.69) is 100 Å². The van der Waals surface area contributed by atoms with Gasteiger partial charge in [0.2, 0.25) is 0 Å². The van der Waals surface area contributed by atoms with Gasteiger partial charge in [0.1, 0.15) is 0 Å². The predicted molar refractivity (Wildman–Crippen MR) is 146 cm³/mol. The number of Topliss-reactive ketones (excluding diaryl/α,β-unsaturated/α-hetero) is 1. The Morgan fingerprint density at radius 2 is 1.74 bits per heavy atom. The molecule has 1 atom stereocenters. The largest absolute Gasteiger partial charge is 0.348 e. The Hall–Kier alpha value is -3.13. The van der Waals surface area contributed by atoms with Gasteiger partial charge in [-0.25, -0.2) is 0 Å². The van der Waals surface area contributed by atoms with Crippen LogP contribution >= 0.6 is 0 Å². The molecule has 0 amide bonds. The minimum atomic E-state index is -0.117. The van der Waals surface area contributed by atoms with E-state index >= 15 is 0 Å². The number of hydrogen-bond donors (Lipinski definition) is 0. The lowest BCUT2D eigenvalue weighted by Crippen LogP contribution is -2.35. The average molecular weight is 462 g/mol. The quantitative estimate of drug-likeness (QED) is 0.451. The molecule has 0 fully saturated rings. The number of benzene rings is 2. The predicted octanol–water partition coefficient (Wildman–Crippen LogP) is 8.06. The molecule has 2 nitrogen and oxygen atoms in total. The summed E-state index contributed by atoms with van der Waals surface area (Å²) in [5.41, 5.74) is 12.5. The number of hydrogen-bond acceptors (Lipinski definition) is 2. The van der Waals surface area contributed by atoms with Crippen LogP contribution in [0.1, 0.15) is 86.8 Å². The molecule has 1 heterocycles. The van der Waals surface area contributed by atoms with E-state index in [4.69, 9.17) is 0 Å². The zero-order valence-corrected chi connectivity index (χ0v) is 21.7. The van der Waals surface area contributed by atoms with E-state index < -0.39 is 0 Å². The molecule has 2 aromatic rings. The molecule has 3 aliphatic carbocycles. The number of para-hydroxylation sites is 1. The van der Waals surface area contributed by atoms with E-state index in [-0.39, 0.29) is 16.6 Å². The summed E-state index contributed by atoms with van der Waals surface area (Å²) in [7, 11) is 2.21. The van der Waals surface area contributed by atoms with Crippen LogP contribution in [-0.4, -0.2) is 12.8 Å². The Bertz CT molecular complexity index is 1400. The van der Waals surface area contributed by atoms with Gasteiger partial charge in [-0.2, -0.15) is 0 Å². The number of nitrogens with zero attached hydrogens (tertiary/aromatic N) is 1. The molecule has 2 heteroatoms. The molecule has 2 aromatic carbocycles. The molecule has 35 heavy (non-hydrogen) atoms. The van der Waals surface area contributed by atoms with E-state index in [0.29, 0.717) is 0 Å². The minimum Gasteiger partial charge on any atom is -0.348 e. The second kappa shape index (κ2) is 7.68. The van der Waals surface area contributed by atoms with E-state index in [9.17, 15) is 4.79 Å². The maximum Gasteiger partial charge on any atom is 0.189 e. The van der Waals surface area contributed by atoms with Gasteiger partial charge in [-0.1, -0.05) is 76.3 Å². The van der Waals surface area contributed by atoms with E-state index in [1.54, 1.807) is 0 Å². The number of carbonyl (C=O) groups is 1. The van der Waals surface area contributed by atoms with Gasteiger partial charge in [0.25, 0.3) is 0 Å². The highest BCUT2D eigenvalue weighted by Gasteiger charge is 2.41. The van der Waals surface area contributed by atoms with Crippen LogP contribution in [0.25, 0.3) is 5.57 Å². The van der Waals surface area contributed by atoms with Gasteiger partial charge >= 0.3 is 0 Å². The molecule has 0 radical (unpaired) electrons. The third kappa shape index (κ3) is 3.05. The van der Waals surface area contributed by atoms with Crippen molar-refractivity contribution in [2.75, 3.05) is 11.9 Å². The summed E-state index contributed by atoms with van der Waals surface area (Å²) in [5, 5.41) is 0. The first-order valence-electron chi connectivity index (χ1n) is 13.1. The first-order valence-corrected chi connectivity index (χ1v) is 13.1. The van der Waals surface area contributed by atoms with Gasteiger partial charge in [-0.15, -0.1) is 0 Å². The molecule has 1 aliphatic heterocycles. The van der Waals surface area contributed by atoms with Crippen molar-refractivity contribution in [3.05, 3.63) is 105 Å². The number of carbonyl (C=O) groups excluding carboxylic acids is 1. The molecule has 4 aliphatic rings. The Kier molecular flexibility index (Phi) is 4.90. The molecule has 0 N–H and O–H groups in total. The Morgan fingerprint density at radius 1 is 0.943 bits per heavy atom. The lowest BCUT2D eigenvalue weighted by molar-refractivity contribution is 0.102. The molecule has 0 spiro atoms. The summed E-state index contributed by atoms with van der Waals surface area (Å²) in [6.07, 6.45) is 11.8. The third-order valence-corrected chi connectivity index (χ3v) is 9.25. The monoisotopic (exact) mass is 461 g/mol. The lowest BCUT2D eigenvalue weighted by atomic mass is 9.63.